The highest BCUT2D eigenvalue weighted by atomic mass is 32.2. The van der Waals surface area contributed by atoms with Gasteiger partial charge in [-0.05, 0) is 18.1 Å². The van der Waals surface area contributed by atoms with Gasteiger partial charge in [-0.15, -0.1) is 23.1 Å². The zero-order valence-electron chi connectivity index (χ0n) is 13.9. The van der Waals surface area contributed by atoms with Crippen LogP contribution in [0.25, 0.3) is 0 Å². The minimum Gasteiger partial charge on any atom is -0.356 e. The number of nitrogens with one attached hydrogen (secondary N) is 2. The zero-order valence-corrected chi connectivity index (χ0v) is 15.5. The number of hydrogen-bond donors (Lipinski definition) is 2. The molecule has 0 aliphatic rings. The fourth-order valence-corrected chi connectivity index (χ4v) is 3.59. The molecular formula is C17H24N4S2. The van der Waals surface area contributed by atoms with Gasteiger partial charge in [0.25, 0.3) is 0 Å². The maximum Gasteiger partial charge on any atom is 0.191 e. The van der Waals surface area contributed by atoms with Crippen molar-refractivity contribution in [3.63, 3.8) is 0 Å². The number of benzene rings is 1. The molecule has 4 nitrogen and oxygen atoms in total. The number of rotatable bonds is 7. The summed E-state index contributed by atoms with van der Waals surface area (Å²) in [7, 11) is 1.79. The predicted octanol–water partition coefficient (Wildman–Crippen LogP) is 3.72. The van der Waals surface area contributed by atoms with E-state index in [-0.39, 0.29) is 0 Å². The molecule has 124 valence electrons. The van der Waals surface area contributed by atoms with Gasteiger partial charge in [-0.1, -0.05) is 32.0 Å². The topological polar surface area (TPSA) is 49.3 Å². The van der Waals surface area contributed by atoms with Crippen molar-refractivity contribution in [2.75, 3.05) is 19.3 Å². The minimum atomic E-state index is 0.479. The lowest BCUT2D eigenvalue weighted by molar-refractivity contribution is 0.794. The summed E-state index contributed by atoms with van der Waals surface area (Å²) < 4.78 is 0. The molecule has 0 saturated heterocycles. The fraction of sp³-hybridized carbons (Fsp3) is 0.412. The van der Waals surface area contributed by atoms with Crippen molar-refractivity contribution in [3.05, 3.63) is 46.4 Å². The van der Waals surface area contributed by atoms with Gasteiger partial charge in [0.2, 0.25) is 0 Å². The van der Waals surface area contributed by atoms with Crippen molar-refractivity contribution >= 4 is 29.1 Å². The van der Waals surface area contributed by atoms with E-state index in [1.165, 1.54) is 4.90 Å². The summed E-state index contributed by atoms with van der Waals surface area (Å²) in [6.07, 6.45) is 0. The van der Waals surface area contributed by atoms with Gasteiger partial charge in [-0.25, -0.2) is 4.98 Å². The molecule has 0 spiro atoms. The molecule has 2 N–H and O–H groups in total. The molecule has 0 radical (unpaired) electrons. The van der Waals surface area contributed by atoms with E-state index in [9.17, 15) is 0 Å². The summed E-state index contributed by atoms with van der Waals surface area (Å²) in [5.74, 6) is 2.30. The molecule has 0 saturated carbocycles. The van der Waals surface area contributed by atoms with Crippen LogP contribution in [0.5, 0.6) is 0 Å². The molecule has 0 bridgehead atoms. The minimum absolute atomic E-state index is 0.479. The predicted molar refractivity (Wildman–Crippen MR) is 102 cm³/mol. The van der Waals surface area contributed by atoms with Crippen molar-refractivity contribution in [3.8, 4) is 0 Å². The molecular weight excluding hydrogens is 324 g/mol. The summed E-state index contributed by atoms with van der Waals surface area (Å²) >= 11 is 3.53. The fourth-order valence-electron chi connectivity index (χ4n) is 1.91. The zero-order chi connectivity index (χ0) is 16.5. The Hall–Kier alpha value is -1.53. The number of thiazole rings is 1. The lowest BCUT2D eigenvalue weighted by Gasteiger charge is -2.10. The summed E-state index contributed by atoms with van der Waals surface area (Å²) in [4.78, 5) is 10.2. The van der Waals surface area contributed by atoms with Crippen molar-refractivity contribution in [1.82, 2.24) is 15.6 Å². The third-order valence-electron chi connectivity index (χ3n) is 3.20. The number of nitrogens with zero attached hydrogens (tertiary/aromatic N) is 2. The lowest BCUT2D eigenvalue weighted by Crippen LogP contribution is -2.37. The molecule has 23 heavy (non-hydrogen) atoms. The van der Waals surface area contributed by atoms with Crippen LogP contribution in [0, 0.1) is 0 Å². The normalized spacial score (nSPS) is 11.7. The summed E-state index contributed by atoms with van der Waals surface area (Å²) in [5.41, 5.74) is 1.16. The number of hydrogen-bond acceptors (Lipinski definition) is 4. The first-order chi connectivity index (χ1) is 11.2. The first-order valence-corrected chi connectivity index (χ1v) is 9.62. The Morgan fingerprint density at radius 2 is 2.04 bits per heavy atom. The van der Waals surface area contributed by atoms with Gasteiger partial charge in [-0.2, -0.15) is 0 Å². The Labute approximate surface area is 146 Å². The van der Waals surface area contributed by atoms with E-state index in [4.69, 9.17) is 0 Å². The smallest absolute Gasteiger partial charge is 0.191 e. The first kappa shape index (κ1) is 17.8. The van der Waals surface area contributed by atoms with Crippen LogP contribution in [0.4, 0.5) is 0 Å². The maximum atomic E-state index is 4.62. The molecule has 2 rings (SSSR count). The summed E-state index contributed by atoms with van der Waals surface area (Å²) in [6, 6.07) is 10.4. The standard InChI is InChI=1S/C17H24N4S2/c1-13(2)15-12-23-16(21-15)11-20-17(18-3)19-9-10-22-14-7-5-4-6-8-14/h4-8,12-13H,9-11H2,1-3H3,(H2,18,19,20). The van der Waals surface area contributed by atoms with Crippen molar-refractivity contribution in [2.45, 2.75) is 31.2 Å². The van der Waals surface area contributed by atoms with Crippen LogP contribution >= 0.6 is 23.1 Å². The molecule has 1 aromatic heterocycles. The number of aliphatic imine (C=N–C) groups is 1. The lowest BCUT2D eigenvalue weighted by atomic mass is 10.2. The monoisotopic (exact) mass is 348 g/mol. The summed E-state index contributed by atoms with van der Waals surface area (Å²) in [6.45, 7) is 5.91. The molecule has 2 aromatic rings. The van der Waals surface area contributed by atoms with Crippen LogP contribution in [0.2, 0.25) is 0 Å². The van der Waals surface area contributed by atoms with Crippen molar-refractivity contribution < 1.29 is 0 Å². The highest BCUT2D eigenvalue weighted by molar-refractivity contribution is 7.99. The van der Waals surface area contributed by atoms with Gasteiger partial charge in [-0.3, -0.25) is 4.99 Å². The van der Waals surface area contributed by atoms with Gasteiger partial charge in [0, 0.05) is 29.6 Å². The Bertz CT molecular complexity index is 608. The van der Waals surface area contributed by atoms with Crippen LogP contribution in [0.1, 0.15) is 30.5 Å². The van der Waals surface area contributed by atoms with Crippen LogP contribution in [0.15, 0.2) is 45.6 Å². The van der Waals surface area contributed by atoms with E-state index < -0.39 is 0 Å². The second-order valence-electron chi connectivity index (χ2n) is 5.33. The average Bonchev–Trinajstić information content (AvgIpc) is 3.04. The molecule has 0 aliphatic carbocycles. The molecule has 1 aromatic carbocycles. The highest BCUT2D eigenvalue weighted by Gasteiger charge is 2.06. The SMILES string of the molecule is CN=C(NCCSc1ccccc1)NCc1nc(C(C)C)cs1. The second kappa shape index (κ2) is 9.57. The van der Waals surface area contributed by atoms with E-state index in [0.29, 0.717) is 12.5 Å². The molecule has 0 atom stereocenters. The van der Waals surface area contributed by atoms with E-state index in [0.717, 1.165) is 29.0 Å². The molecule has 1 heterocycles. The van der Waals surface area contributed by atoms with E-state index in [2.05, 4.69) is 64.1 Å². The van der Waals surface area contributed by atoms with Crippen LogP contribution in [-0.4, -0.2) is 30.3 Å². The maximum absolute atomic E-state index is 4.62. The van der Waals surface area contributed by atoms with E-state index in [1.807, 2.05) is 17.8 Å². The highest BCUT2D eigenvalue weighted by Crippen LogP contribution is 2.17. The molecule has 0 unspecified atom stereocenters. The number of guanidine groups is 1. The molecule has 0 amide bonds. The van der Waals surface area contributed by atoms with Gasteiger partial charge in [0.1, 0.15) is 5.01 Å². The van der Waals surface area contributed by atoms with Crippen LogP contribution in [0.3, 0.4) is 0 Å². The van der Waals surface area contributed by atoms with Crippen molar-refractivity contribution in [1.29, 1.82) is 0 Å². The third-order valence-corrected chi connectivity index (χ3v) is 5.08. The van der Waals surface area contributed by atoms with Crippen molar-refractivity contribution in [2.24, 2.45) is 4.99 Å². The Balaban J connectivity index is 1.69. The quantitative estimate of drug-likeness (QED) is 0.346. The van der Waals surface area contributed by atoms with Gasteiger partial charge >= 0.3 is 0 Å². The second-order valence-corrected chi connectivity index (χ2v) is 7.45. The Kier molecular flexibility index (Phi) is 7.42. The average molecular weight is 349 g/mol. The molecule has 6 heteroatoms. The van der Waals surface area contributed by atoms with Gasteiger partial charge in [0.15, 0.2) is 5.96 Å². The van der Waals surface area contributed by atoms with Gasteiger partial charge in [0.05, 0.1) is 12.2 Å². The summed E-state index contributed by atoms with van der Waals surface area (Å²) in [5, 5.41) is 9.87. The largest absolute Gasteiger partial charge is 0.356 e. The third kappa shape index (κ3) is 6.23. The van der Waals surface area contributed by atoms with E-state index >= 15 is 0 Å². The number of thioether (sulfide) groups is 1. The first-order valence-electron chi connectivity index (χ1n) is 7.75. The van der Waals surface area contributed by atoms with E-state index in [1.54, 1.807) is 18.4 Å². The van der Waals surface area contributed by atoms with Gasteiger partial charge < -0.3 is 10.6 Å². The Morgan fingerprint density at radius 1 is 1.26 bits per heavy atom. The number of aromatic nitrogens is 1. The van der Waals surface area contributed by atoms with Crippen LogP contribution in [-0.2, 0) is 6.54 Å². The molecule has 0 fully saturated rings. The van der Waals surface area contributed by atoms with Crippen LogP contribution < -0.4 is 10.6 Å². The Morgan fingerprint density at radius 3 is 2.70 bits per heavy atom. The molecule has 0 aliphatic heterocycles.